The molecule has 3 nitrogen and oxygen atoms in total. The third-order valence-electron chi connectivity index (χ3n) is 2.34. The highest BCUT2D eigenvalue weighted by Gasteiger charge is 2.30. The number of imide groups is 1. The average Bonchev–Trinajstić information content (AvgIpc) is 2.04. The van der Waals surface area contributed by atoms with Gasteiger partial charge in [-0.2, -0.15) is 0 Å². The third-order valence-corrected chi connectivity index (χ3v) is 2.56. The second kappa shape index (κ2) is 4.61. The Bertz CT molecular complexity index is 216. The molecule has 1 aliphatic rings. The predicted molar refractivity (Wildman–Crippen MR) is 50.5 cm³/mol. The van der Waals surface area contributed by atoms with E-state index in [-0.39, 0.29) is 17.9 Å². The number of piperidine rings is 1. The molecule has 4 heteroatoms. The second-order valence-corrected chi connectivity index (χ2v) is 3.68. The number of hydrogen-bond acceptors (Lipinski definition) is 2. The molecule has 0 bridgehead atoms. The van der Waals surface area contributed by atoms with Gasteiger partial charge in [0.2, 0.25) is 11.8 Å². The highest BCUT2D eigenvalue weighted by Crippen LogP contribution is 2.21. The van der Waals surface area contributed by atoms with Crippen molar-refractivity contribution in [2.45, 2.75) is 38.6 Å². The van der Waals surface area contributed by atoms with Gasteiger partial charge in [-0.3, -0.25) is 14.5 Å². The molecule has 0 aliphatic carbocycles. The van der Waals surface area contributed by atoms with E-state index in [9.17, 15) is 9.59 Å². The molecule has 1 saturated heterocycles. The molecule has 1 fully saturated rings. The van der Waals surface area contributed by atoms with Crippen LogP contribution in [0.2, 0.25) is 0 Å². The summed E-state index contributed by atoms with van der Waals surface area (Å²) in [5.41, 5.74) is 0. The van der Waals surface area contributed by atoms with Gasteiger partial charge in [0.05, 0.1) is 0 Å². The molecule has 0 N–H and O–H groups in total. The molecule has 0 spiro atoms. The van der Waals surface area contributed by atoms with Crippen molar-refractivity contribution in [3.8, 4) is 0 Å². The molecular weight excluding hydrogens is 190 g/mol. The lowest BCUT2D eigenvalue weighted by Gasteiger charge is -2.32. The van der Waals surface area contributed by atoms with Crippen LogP contribution in [0.1, 0.15) is 32.6 Å². The smallest absolute Gasteiger partial charge is 0.229 e. The Morgan fingerprint density at radius 3 is 2.92 bits per heavy atom. The molecular formula is C9H14ClNO2. The fourth-order valence-corrected chi connectivity index (χ4v) is 2.03. The van der Waals surface area contributed by atoms with Gasteiger partial charge in [-0.25, -0.2) is 0 Å². The summed E-state index contributed by atoms with van der Waals surface area (Å²) in [6.07, 6.45) is 2.99. The van der Waals surface area contributed by atoms with Gasteiger partial charge in [0.15, 0.2) is 0 Å². The highest BCUT2D eigenvalue weighted by molar-refractivity contribution is 6.17. The van der Waals surface area contributed by atoms with Crippen LogP contribution in [0.4, 0.5) is 0 Å². The molecule has 0 aromatic rings. The maximum atomic E-state index is 11.4. The normalized spacial score (nSPS) is 23.4. The van der Waals surface area contributed by atoms with Crippen molar-refractivity contribution in [2.75, 3.05) is 5.88 Å². The summed E-state index contributed by atoms with van der Waals surface area (Å²) >= 11 is 5.60. The van der Waals surface area contributed by atoms with Crippen molar-refractivity contribution in [1.82, 2.24) is 4.90 Å². The van der Waals surface area contributed by atoms with Crippen LogP contribution >= 0.6 is 11.6 Å². The molecule has 2 amide bonds. The average molecular weight is 204 g/mol. The monoisotopic (exact) mass is 203 g/mol. The zero-order chi connectivity index (χ0) is 9.84. The van der Waals surface area contributed by atoms with Crippen LogP contribution in [0.3, 0.4) is 0 Å². The van der Waals surface area contributed by atoms with E-state index < -0.39 is 0 Å². The summed E-state index contributed by atoms with van der Waals surface area (Å²) in [7, 11) is 0. The number of carbonyl (C=O) groups excluding carboxylic acids is 2. The van der Waals surface area contributed by atoms with E-state index in [2.05, 4.69) is 0 Å². The van der Waals surface area contributed by atoms with E-state index >= 15 is 0 Å². The van der Waals surface area contributed by atoms with Crippen molar-refractivity contribution < 1.29 is 9.59 Å². The molecule has 0 aromatic carbocycles. The molecule has 0 radical (unpaired) electrons. The van der Waals surface area contributed by atoms with Crippen molar-refractivity contribution in [2.24, 2.45) is 0 Å². The van der Waals surface area contributed by atoms with Crippen molar-refractivity contribution in [3.63, 3.8) is 0 Å². The Morgan fingerprint density at radius 2 is 2.38 bits per heavy atom. The lowest BCUT2D eigenvalue weighted by molar-refractivity contribution is -0.148. The van der Waals surface area contributed by atoms with Crippen LogP contribution in [0.15, 0.2) is 0 Å². The standard InChI is InChI=1S/C9H14ClNO2/c1-7(12)11-8(5-6-10)3-2-4-9(11)13/h8H,2-6H2,1H3. The summed E-state index contributed by atoms with van der Waals surface area (Å²) in [5.74, 6) is 0.301. The van der Waals surface area contributed by atoms with Crippen LogP contribution < -0.4 is 0 Å². The molecule has 1 aliphatic heterocycles. The lowest BCUT2D eigenvalue weighted by Crippen LogP contribution is -2.46. The Labute approximate surface area is 83.0 Å². The summed E-state index contributed by atoms with van der Waals surface area (Å²) < 4.78 is 0. The van der Waals surface area contributed by atoms with E-state index in [1.165, 1.54) is 11.8 Å². The first-order valence-corrected chi connectivity index (χ1v) is 5.09. The quantitative estimate of drug-likeness (QED) is 0.639. The first-order valence-electron chi connectivity index (χ1n) is 4.55. The molecule has 13 heavy (non-hydrogen) atoms. The van der Waals surface area contributed by atoms with Gasteiger partial charge in [0, 0.05) is 25.3 Å². The SMILES string of the molecule is CC(=O)N1C(=O)CCCC1CCCl. The molecule has 1 unspecified atom stereocenters. The Kier molecular flexibility index (Phi) is 3.72. The molecule has 1 rings (SSSR count). The molecule has 0 saturated carbocycles. The maximum absolute atomic E-state index is 11.4. The number of hydrogen-bond donors (Lipinski definition) is 0. The molecule has 74 valence electrons. The topological polar surface area (TPSA) is 37.4 Å². The summed E-state index contributed by atoms with van der Waals surface area (Å²) in [6, 6.07) is 0.0382. The summed E-state index contributed by atoms with van der Waals surface area (Å²) in [6.45, 7) is 1.43. The molecule has 1 heterocycles. The third kappa shape index (κ3) is 2.44. The van der Waals surface area contributed by atoms with E-state index in [1.54, 1.807) is 0 Å². The van der Waals surface area contributed by atoms with Crippen LogP contribution in [-0.2, 0) is 9.59 Å². The van der Waals surface area contributed by atoms with Gasteiger partial charge < -0.3 is 0 Å². The van der Waals surface area contributed by atoms with Gasteiger partial charge >= 0.3 is 0 Å². The highest BCUT2D eigenvalue weighted by atomic mass is 35.5. The largest absolute Gasteiger partial charge is 0.280 e. The summed E-state index contributed by atoms with van der Waals surface area (Å²) in [4.78, 5) is 23.9. The van der Waals surface area contributed by atoms with Crippen LogP contribution in [0.25, 0.3) is 0 Å². The predicted octanol–water partition coefficient (Wildman–Crippen LogP) is 1.54. The van der Waals surface area contributed by atoms with Gasteiger partial charge in [0.25, 0.3) is 0 Å². The second-order valence-electron chi connectivity index (χ2n) is 3.31. The molecule has 1 atom stereocenters. The van der Waals surface area contributed by atoms with Gasteiger partial charge in [-0.05, 0) is 19.3 Å². The minimum absolute atomic E-state index is 0.0382. The number of carbonyl (C=O) groups is 2. The number of nitrogens with zero attached hydrogens (tertiary/aromatic N) is 1. The van der Waals surface area contributed by atoms with Crippen LogP contribution in [-0.4, -0.2) is 28.6 Å². The number of rotatable bonds is 2. The van der Waals surface area contributed by atoms with Crippen LogP contribution in [0, 0.1) is 0 Å². The summed E-state index contributed by atoms with van der Waals surface area (Å²) in [5, 5.41) is 0. The van der Waals surface area contributed by atoms with Crippen molar-refractivity contribution in [3.05, 3.63) is 0 Å². The first-order chi connectivity index (χ1) is 6.16. The van der Waals surface area contributed by atoms with Gasteiger partial charge in [-0.1, -0.05) is 0 Å². The van der Waals surface area contributed by atoms with Crippen LogP contribution in [0.5, 0.6) is 0 Å². The van der Waals surface area contributed by atoms with Crippen molar-refractivity contribution in [1.29, 1.82) is 0 Å². The van der Waals surface area contributed by atoms with Crippen molar-refractivity contribution >= 4 is 23.4 Å². The Morgan fingerprint density at radius 1 is 1.69 bits per heavy atom. The van der Waals surface area contributed by atoms with E-state index in [4.69, 9.17) is 11.6 Å². The van der Waals surface area contributed by atoms with E-state index in [0.29, 0.717) is 18.7 Å². The van der Waals surface area contributed by atoms with Gasteiger partial charge in [-0.15, -0.1) is 11.6 Å². The number of likely N-dealkylation sites (tertiary alicyclic amines) is 1. The Balaban J connectivity index is 2.68. The number of alkyl halides is 1. The fraction of sp³-hybridized carbons (Fsp3) is 0.778. The number of amides is 2. The minimum Gasteiger partial charge on any atom is -0.280 e. The number of halogens is 1. The lowest BCUT2D eigenvalue weighted by atomic mass is 9.99. The van der Waals surface area contributed by atoms with E-state index in [0.717, 1.165) is 12.8 Å². The maximum Gasteiger partial charge on any atom is 0.229 e. The first kappa shape index (κ1) is 10.5. The van der Waals surface area contributed by atoms with Gasteiger partial charge in [0.1, 0.15) is 0 Å². The zero-order valence-electron chi connectivity index (χ0n) is 7.75. The fourth-order valence-electron chi connectivity index (χ4n) is 1.77. The Hall–Kier alpha value is -0.570. The zero-order valence-corrected chi connectivity index (χ0v) is 8.51. The van der Waals surface area contributed by atoms with E-state index in [1.807, 2.05) is 0 Å². The molecule has 0 aromatic heterocycles. The minimum atomic E-state index is -0.153.